The van der Waals surface area contributed by atoms with Crippen molar-refractivity contribution in [1.82, 2.24) is 9.80 Å². The van der Waals surface area contributed by atoms with E-state index in [1.54, 1.807) is 41.2 Å². The molecule has 95 valence electrons. The van der Waals surface area contributed by atoms with Crippen LogP contribution in [0.2, 0.25) is 0 Å². The van der Waals surface area contributed by atoms with E-state index in [4.69, 9.17) is 4.74 Å². The van der Waals surface area contributed by atoms with E-state index in [0.29, 0.717) is 12.1 Å². The van der Waals surface area contributed by atoms with Gasteiger partial charge in [0.2, 0.25) is 0 Å². The Morgan fingerprint density at radius 2 is 1.94 bits per heavy atom. The lowest BCUT2D eigenvalue weighted by Gasteiger charge is -2.04. The largest absolute Gasteiger partial charge is 1.00 e. The molecule has 0 bridgehead atoms. The van der Waals surface area contributed by atoms with E-state index in [0.717, 1.165) is 5.75 Å². The number of methoxy groups -OCH3 is 1. The Morgan fingerprint density at radius 3 is 2.44 bits per heavy atom. The van der Waals surface area contributed by atoms with Crippen LogP contribution < -0.4 is 21.7 Å². The number of carbonyl (C=O) groups excluding carboxylic acids is 1. The van der Waals surface area contributed by atoms with E-state index in [9.17, 15) is 4.79 Å². The first kappa shape index (κ1) is 14.4. The minimum absolute atomic E-state index is 0. The third-order valence-electron chi connectivity index (χ3n) is 2.48. The van der Waals surface area contributed by atoms with Crippen LogP contribution in [0.4, 0.5) is 0 Å². The Kier molecular flexibility index (Phi) is 5.09. The number of rotatable bonds is 4. The predicted molar refractivity (Wildman–Crippen MR) is 64.2 cm³/mol. The molecule has 18 heavy (non-hydrogen) atoms. The smallest absolute Gasteiger partial charge is 0.564 e. The zero-order valence-corrected chi connectivity index (χ0v) is 11.8. The lowest BCUT2D eigenvalue weighted by Crippen LogP contribution is -3.00. The normalized spacial score (nSPS) is 13.0. The second-order valence-corrected chi connectivity index (χ2v) is 3.79. The Bertz CT molecular complexity index is 431. The molecule has 4 nitrogen and oxygen atoms in total. The molecule has 0 aliphatic carbocycles. The molecular weight excluding hydrogens is 296 g/mol. The summed E-state index contributed by atoms with van der Waals surface area (Å²) in [4.78, 5) is 15.4. The molecular formula is C13H14BrN2O2. The third kappa shape index (κ3) is 3.43. The molecule has 1 aromatic carbocycles. The van der Waals surface area contributed by atoms with Crippen LogP contribution in [0.15, 0.2) is 36.7 Å². The van der Waals surface area contributed by atoms with Crippen molar-refractivity contribution in [3.05, 3.63) is 48.9 Å². The Hall–Kier alpha value is -1.62. The summed E-state index contributed by atoms with van der Waals surface area (Å²) in [7, 11) is 3.47. The fourth-order valence-electron chi connectivity index (χ4n) is 1.56. The van der Waals surface area contributed by atoms with Crippen LogP contribution in [0, 0.1) is 6.67 Å². The van der Waals surface area contributed by atoms with Gasteiger partial charge in [0.15, 0.2) is 5.78 Å². The van der Waals surface area contributed by atoms with Crippen molar-refractivity contribution in [1.29, 1.82) is 0 Å². The molecule has 0 atom stereocenters. The molecule has 1 aliphatic heterocycles. The number of ether oxygens (including phenoxy) is 1. The van der Waals surface area contributed by atoms with Crippen LogP contribution in [-0.2, 0) is 0 Å². The number of nitrogens with zero attached hydrogens (tertiary/aromatic N) is 2. The van der Waals surface area contributed by atoms with Gasteiger partial charge >= 0.3 is 6.67 Å². The summed E-state index contributed by atoms with van der Waals surface area (Å²) in [6, 6.07) is 7.11. The average Bonchev–Trinajstić information content (AvgIpc) is 2.75. The molecule has 1 aromatic rings. The number of Topliss-reactive ketones (excluding diaryl/α,β-unsaturated/α-hetero) is 1. The van der Waals surface area contributed by atoms with Gasteiger partial charge in [0.05, 0.1) is 26.6 Å². The summed E-state index contributed by atoms with van der Waals surface area (Å²) < 4.78 is 5.04. The Morgan fingerprint density at radius 1 is 1.28 bits per heavy atom. The molecule has 0 unspecified atom stereocenters. The topological polar surface area (TPSA) is 32.8 Å². The standard InChI is InChI=1S/C13H14N2O2.BrH/c1-14-7-8-15(10-14)9-13(16)11-3-5-12(17-2)6-4-11;/h3-8H,9H2,1-2H3;1H/q+1;/p-1. The van der Waals surface area contributed by atoms with Crippen LogP contribution >= 0.6 is 0 Å². The molecule has 0 saturated carbocycles. The molecule has 0 spiro atoms. The highest BCUT2D eigenvalue weighted by Crippen LogP contribution is 2.14. The van der Waals surface area contributed by atoms with E-state index in [2.05, 4.69) is 6.67 Å². The van der Waals surface area contributed by atoms with Gasteiger partial charge in [-0.3, -0.25) is 4.79 Å². The fourth-order valence-corrected chi connectivity index (χ4v) is 1.56. The van der Waals surface area contributed by atoms with Crippen molar-refractivity contribution in [2.24, 2.45) is 0 Å². The maximum absolute atomic E-state index is 11.9. The molecule has 0 N–H and O–H groups in total. The van der Waals surface area contributed by atoms with Crippen LogP contribution in [-0.4, -0.2) is 36.3 Å². The molecule has 0 saturated heterocycles. The van der Waals surface area contributed by atoms with Gasteiger partial charge in [-0.25, -0.2) is 0 Å². The predicted octanol–water partition coefficient (Wildman–Crippen LogP) is -1.40. The highest BCUT2D eigenvalue weighted by Gasteiger charge is 2.29. The molecule has 0 aromatic heterocycles. The van der Waals surface area contributed by atoms with E-state index in [1.165, 1.54) is 0 Å². The number of hydrogen-bond donors (Lipinski definition) is 0. The summed E-state index contributed by atoms with van der Waals surface area (Å²) >= 11 is 0. The minimum Gasteiger partial charge on any atom is -1.00 e. The zero-order valence-electron chi connectivity index (χ0n) is 10.3. The van der Waals surface area contributed by atoms with Gasteiger partial charge < -0.3 is 21.7 Å². The van der Waals surface area contributed by atoms with Crippen LogP contribution in [0.5, 0.6) is 5.75 Å². The van der Waals surface area contributed by atoms with Crippen LogP contribution in [0.3, 0.4) is 0 Å². The first-order chi connectivity index (χ1) is 8.19. The van der Waals surface area contributed by atoms with Crippen molar-refractivity contribution in [2.75, 3.05) is 20.7 Å². The van der Waals surface area contributed by atoms with Gasteiger partial charge in [0.1, 0.15) is 12.3 Å². The van der Waals surface area contributed by atoms with Gasteiger partial charge in [0, 0.05) is 5.56 Å². The first-order valence-corrected chi connectivity index (χ1v) is 5.30. The van der Waals surface area contributed by atoms with Crippen molar-refractivity contribution >= 4 is 5.78 Å². The lowest BCUT2D eigenvalue weighted by molar-refractivity contribution is -0.0000118. The molecule has 5 heteroatoms. The third-order valence-corrected chi connectivity index (χ3v) is 2.48. The second-order valence-electron chi connectivity index (χ2n) is 3.79. The summed E-state index contributed by atoms with van der Waals surface area (Å²) in [5.41, 5.74) is 0.676. The zero-order chi connectivity index (χ0) is 12.3. The van der Waals surface area contributed by atoms with Crippen molar-refractivity contribution in [3.8, 4) is 5.75 Å². The molecule has 2 rings (SSSR count). The van der Waals surface area contributed by atoms with Gasteiger partial charge in [-0.15, -0.1) is 9.80 Å². The van der Waals surface area contributed by atoms with Crippen molar-refractivity contribution in [3.63, 3.8) is 0 Å². The number of hydrogen-bond acceptors (Lipinski definition) is 4. The lowest BCUT2D eigenvalue weighted by atomic mass is 10.1. The number of halogens is 1. The summed E-state index contributed by atoms with van der Waals surface area (Å²) in [5, 5.41) is 0. The summed E-state index contributed by atoms with van der Waals surface area (Å²) in [6.07, 6.45) is 3.67. The Labute approximate surface area is 118 Å². The summed E-state index contributed by atoms with van der Waals surface area (Å²) in [6.45, 7) is 3.29. The molecule has 1 aliphatic rings. The SMILES string of the molecule is COc1ccc(C(=O)CN2[C+]N(C)C=C2)cc1.[Br-]. The van der Waals surface area contributed by atoms with E-state index in [-0.39, 0.29) is 22.8 Å². The van der Waals surface area contributed by atoms with Gasteiger partial charge in [-0.05, 0) is 24.3 Å². The maximum Gasteiger partial charge on any atom is 0.564 e. The Balaban J connectivity index is 0.00000162. The monoisotopic (exact) mass is 309 g/mol. The van der Waals surface area contributed by atoms with Gasteiger partial charge in [-0.1, -0.05) is 0 Å². The number of benzene rings is 1. The van der Waals surface area contributed by atoms with Crippen LogP contribution in [0.1, 0.15) is 10.4 Å². The molecule has 1 heterocycles. The molecule has 1 radical (unpaired) electrons. The van der Waals surface area contributed by atoms with Gasteiger partial charge in [-0.2, -0.15) is 0 Å². The van der Waals surface area contributed by atoms with Crippen molar-refractivity contribution < 1.29 is 26.5 Å². The molecule has 0 amide bonds. The number of carbonyl (C=O) groups is 1. The number of ketones is 1. The highest BCUT2D eigenvalue weighted by atomic mass is 79.9. The van der Waals surface area contributed by atoms with Crippen molar-refractivity contribution in [2.45, 2.75) is 0 Å². The van der Waals surface area contributed by atoms with Crippen LogP contribution in [0.25, 0.3) is 0 Å². The molecule has 0 fully saturated rings. The van der Waals surface area contributed by atoms with E-state index < -0.39 is 0 Å². The van der Waals surface area contributed by atoms with E-state index >= 15 is 0 Å². The van der Waals surface area contributed by atoms with E-state index in [1.807, 2.05) is 19.4 Å². The minimum atomic E-state index is 0. The van der Waals surface area contributed by atoms with Gasteiger partial charge in [0.25, 0.3) is 0 Å². The second kappa shape index (κ2) is 6.35. The summed E-state index contributed by atoms with van der Waals surface area (Å²) in [5.74, 6) is 0.806. The highest BCUT2D eigenvalue weighted by molar-refractivity contribution is 5.97. The maximum atomic E-state index is 11.9. The fraction of sp³-hybridized carbons (Fsp3) is 0.231. The average molecular weight is 310 g/mol. The quantitative estimate of drug-likeness (QED) is 0.506. The first-order valence-electron chi connectivity index (χ1n) is 5.30.